The summed E-state index contributed by atoms with van der Waals surface area (Å²) in [5, 5.41) is 9.81. The number of benzene rings is 1. The van der Waals surface area contributed by atoms with Crippen molar-refractivity contribution in [1.82, 2.24) is 16.0 Å². The molecule has 0 radical (unpaired) electrons. The molecule has 0 aromatic heterocycles. The van der Waals surface area contributed by atoms with Crippen LogP contribution in [0.4, 0.5) is 0 Å². The molecule has 2 amide bonds. The number of carbonyl (C=O) groups excluding carboxylic acids is 2. The van der Waals surface area contributed by atoms with Crippen molar-refractivity contribution in [1.29, 1.82) is 0 Å². The van der Waals surface area contributed by atoms with E-state index in [1.807, 2.05) is 12.1 Å². The molecule has 1 atom stereocenters. The fraction of sp³-hybridized carbons (Fsp3) is 0.667. The summed E-state index contributed by atoms with van der Waals surface area (Å²) in [6.07, 6.45) is 10.8. The van der Waals surface area contributed by atoms with Gasteiger partial charge >= 0.3 is 0 Å². The molecule has 3 aliphatic rings. The average molecular weight is 434 g/mol. The van der Waals surface area contributed by atoms with E-state index in [1.54, 1.807) is 0 Å². The van der Waals surface area contributed by atoms with Crippen molar-refractivity contribution in [3.63, 3.8) is 0 Å². The van der Waals surface area contributed by atoms with Crippen LogP contribution in [0.15, 0.2) is 24.3 Å². The molecule has 2 fully saturated rings. The lowest BCUT2D eigenvalue weighted by molar-refractivity contribution is -0.127. The minimum Gasteiger partial charge on any atom is -0.354 e. The van der Waals surface area contributed by atoms with Crippen molar-refractivity contribution in [2.75, 3.05) is 6.54 Å². The van der Waals surface area contributed by atoms with Crippen LogP contribution in [0.5, 0.6) is 0 Å². The summed E-state index contributed by atoms with van der Waals surface area (Å²) in [6, 6.07) is 8.60. The molecular formula is C24H36ClN3O2. The lowest BCUT2D eigenvalue weighted by atomic mass is 9.81. The Kier molecular flexibility index (Phi) is 8.58. The van der Waals surface area contributed by atoms with Crippen LogP contribution in [0.25, 0.3) is 0 Å². The van der Waals surface area contributed by atoms with E-state index in [0.29, 0.717) is 12.0 Å². The quantitative estimate of drug-likeness (QED) is 0.665. The molecule has 3 N–H and O–H groups in total. The van der Waals surface area contributed by atoms with Crippen molar-refractivity contribution in [2.45, 2.75) is 82.8 Å². The number of carbonyl (C=O) groups is 2. The highest BCUT2D eigenvalue weighted by atomic mass is 35.5. The summed E-state index contributed by atoms with van der Waals surface area (Å²) in [6.45, 7) is 1.49. The second-order valence-corrected chi connectivity index (χ2v) is 9.21. The molecule has 1 aliphatic heterocycles. The van der Waals surface area contributed by atoms with Gasteiger partial charge in [-0.1, -0.05) is 43.5 Å². The van der Waals surface area contributed by atoms with E-state index in [9.17, 15) is 9.59 Å². The number of hydrogen-bond donors (Lipinski definition) is 3. The lowest BCUT2D eigenvalue weighted by Gasteiger charge is -2.31. The number of halogens is 1. The van der Waals surface area contributed by atoms with Crippen LogP contribution in [0.2, 0.25) is 0 Å². The molecule has 6 heteroatoms. The minimum absolute atomic E-state index is 0. The first kappa shape index (κ1) is 23.1. The van der Waals surface area contributed by atoms with Gasteiger partial charge in [0.2, 0.25) is 11.8 Å². The van der Waals surface area contributed by atoms with Gasteiger partial charge in [0.25, 0.3) is 0 Å². The molecule has 1 aromatic rings. The number of rotatable bonds is 5. The van der Waals surface area contributed by atoms with Crippen LogP contribution in [0.3, 0.4) is 0 Å². The van der Waals surface area contributed by atoms with Gasteiger partial charge < -0.3 is 16.0 Å². The van der Waals surface area contributed by atoms with E-state index >= 15 is 0 Å². The third-order valence-corrected chi connectivity index (χ3v) is 7.13. The van der Waals surface area contributed by atoms with E-state index in [0.717, 1.165) is 58.0 Å². The Morgan fingerprint density at radius 3 is 2.33 bits per heavy atom. The van der Waals surface area contributed by atoms with E-state index in [1.165, 1.54) is 30.4 Å². The van der Waals surface area contributed by atoms with Crippen LogP contribution in [0.1, 0.15) is 68.9 Å². The summed E-state index contributed by atoms with van der Waals surface area (Å²) in [5.41, 5.74) is 2.57. The zero-order chi connectivity index (χ0) is 20.1. The van der Waals surface area contributed by atoms with E-state index in [4.69, 9.17) is 0 Å². The van der Waals surface area contributed by atoms with Gasteiger partial charge in [0, 0.05) is 25.0 Å². The average Bonchev–Trinajstić information content (AvgIpc) is 2.78. The number of fused-ring (bicyclic) bond motifs is 1. The summed E-state index contributed by atoms with van der Waals surface area (Å²) < 4.78 is 0. The normalized spacial score (nSPS) is 26.7. The maximum Gasteiger partial charge on any atom is 0.237 e. The largest absolute Gasteiger partial charge is 0.354 e. The summed E-state index contributed by atoms with van der Waals surface area (Å²) in [5.74, 6) is 1.04. The molecule has 0 spiro atoms. The molecule has 2 saturated carbocycles. The Morgan fingerprint density at radius 1 is 0.900 bits per heavy atom. The first-order valence-corrected chi connectivity index (χ1v) is 11.6. The topological polar surface area (TPSA) is 70.2 Å². The smallest absolute Gasteiger partial charge is 0.237 e. The van der Waals surface area contributed by atoms with Gasteiger partial charge in [-0.15, -0.1) is 12.4 Å². The predicted molar refractivity (Wildman–Crippen MR) is 121 cm³/mol. The van der Waals surface area contributed by atoms with E-state index < -0.39 is 0 Å². The summed E-state index contributed by atoms with van der Waals surface area (Å²) in [4.78, 5) is 25.2. The summed E-state index contributed by atoms with van der Waals surface area (Å²) in [7, 11) is 0. The van der Waals surface area contributed by atoms with E-state index in [2.05, 4.69) is 28.1 Å². The monoisotopic (exact) mass is 433 g/mol. The molecule has 2 aliphatic carbocycles. The third kappa shape index (κ3) is 5.98. The molecule has 0 bridgehead atoms. The Labute approximate surface area is 186 Å². The fourth-order valence-corrected chi connectivity index (χ4v) is 5.20. The first-order valence-electron chi connectivity index (χ1n) is 11.6. The number of hydrogen-bond acceptors (Lipinski definition) is 3. The molecule has 30 heavy (non-hydrogen) atoms. The lowest BCUT2D eigenvalue weighted by Crippen LogP contribution is -2.49. The summed E-state index contributed by atoms with van der Waals surface area (Å²) >= 11 is 0. The minimum atomic E-state index is -0.137. The highest BCUT2D eigenvalue weighted by molar-refractivity contribution is 5.85. The van der Waals surface area contributed by atoms with Gasteiger partial charge in [-0.3, -0.25) is 9.59 Å². The van der Waals surface area contributed by atoms with Crippen LogP contribution in [-0.2, 0) is 22.6 Å². The Balaban J connectivity index is 0.00000256. The van der Waals surface area contributed by atoms with Gasteiger partial charge in [-0.2, -0.15) is 0 Å². The maximum atomic E-state index is 12.6. The molecule has 5 nitrogen and oxygen atoms in total. The maximum absolute atomic E-state index is 12.6. The van der Waals surface area contributed by atoms with Crippen molar-refractivity contribution < 1.29 is 9.59 Å². The predicted octanol–water partition coefficient (Wildman–Crippen LogP) is 3.49. The third-order valence-electron chi connectivity index (χ3n) is 7.13. The van der Waals surface area contributed by atoms with Gasteiger partial charge in [0.1, 0.15) is 0 Å². The zero-order valence-electron chi connectivity index (χ0n) is 17.8. The van der Waals surface area contributed by atoms with Gasteiger partial charge in [-0.05, 0) is 62.0 Å². The van der Waals surface area contributed by atoms with Gasteiger partial charge in [0.15, 0.2) is 0 Å². The Morgan fingerprint density at radius 2 is 1.60 bits per heavy atom. The molecule has 1 unspecified atom stereocenters. The molecular weight excluding hydrogens is 398 g/mol. The SMILES string of the molecule is Cl.O=C(NC1CCCCC1)C1CCC(CNC(=O)C2Cc3ccccc3CN2)CC1. The second kappa shape index (κ2) is 11.1. The van der Waals surface area contributed by atoms with Crippen molar-refractivity contribution in [3.8, 4) is 0 Å². The Bertz CT molecular complexity index is 712. The van der Waals surface area contributed by atoms with Crippen LogP contribution < -0.4 is 16.0 Å². The molecule has 166 valence electrons. The van der Waals surface area contributed by atoms with Crippen molar-refractivity contribution in [3.05, 3.63) is 35.4 Å². The van der Waals surface area contributed by atoms with Gasteiger partial charge in [-0.25, -0.2) is 0 Å². The van der Waals surface area contributed by atoms with Crippen LogP contribution in [0, 0.1) is 11.8 Å². The molecule has 0 saturated heterocycles. The van der Waals surface area contributed by atoms with Crippen LogP contribution >= 0.6 is 12.4 Å². The van der Waals surface area contributed by atoms with E-state index in [-0.39, 0.29) is 36.2 Å². The number of nitrogens with one attached hydrogen (secondary N) is 3. The zero-order valence-corrected chi connectivity index (χ0v) is 18.6. The van der Waals surface area contributed by atoms with Crippen LogP contribution in [-0.4, -0.2) is 30.4 Å². The Hall–Kier alpha value is -1.59. The molecule has 1 aromatic carbocycles. The fourth-order valence-electron chi connectivity index (χ4n) is 5.20. The highest BCUT2D eigenvalue weighted by Crippen LogP contribution is 2.29. The van der Waals surface area contributed by atoms with Gasteiger partial charge in [0.05, 0.1) is 6.04 Å². The van der Waals surface area contributed by atoms with Crippen molar-refractivity contribution in [2.24, 2.45) is 11.8 Å². The second-order valence-electron chi connectivity index (χ2n) is 9.21. The standard InChI is InChI=1S/C24H35N3O2.ClH/c28-23(27-21-8-2-1-3-9-21)18-12-10-17(11-13-18)15-26-24(29)22-14-19-6-4-5-7-20(19)16-25-22;/h4-7,17-18,21-22,25H,1-3,8-16H2,(H,26,29)(H,27,28);1H. The van der Waals surface area contributed by atoms with Crippen molar-refractivity contribution >= 4 is 24.2 Å². The highest BCUT2D eigenvalue weighted by Gasteiger charge is 2.29. The molecule has 1 heterocycles. The number of amides is 2. The first-order chi connectivity index (χ1) is 14.2. The molecule has 4 rings (SSSR count).